The van der Waals surface area contributed by atoms with Crippen LogP contribution in [0.3, 0.4) is 0 Å². The van der Waals surface area contributed by atoms with Crippen molar-refractivity contribution >= 4 is 9.84 Å². The SMILES string of the molecule is CCS(=O)(=O)C1CCCCC1C#N. The van der Waals surface area contributed by atoms with E-state index in [0.717, 1.165) is 19.3 Å². The molecule has 0 aromatic rings. The van der Waals surface area contributed by atoms with Crippen molar-refractivity contribution < 1.29 is 8.42 Å². The van der Waals surface area contributed by atoms with Crippen LogP contribution in [0.15, 0.2) is 0 Å². The molecule has 0 spiro atoms. The van der Waals surface area contributed by atoms with Crippen molar-refractivity contribution in [3.63, 3.8) is 0 Å². The fraction of sp³-hybridized carbons (Fsp3) is 0.889. The minimum atomic E-state index is -3.01. The molecule has 0 N–H and O–H groups in total. The van der Waals surface area contributed by atoms with E-state index in [-0.39, 0.29) is 11.7 Å². The van der Waals surface area contributed by atoms with Crippen LogP contribution in [0.5, 0.6) is 0 Å². The lowest BCUT2D eigenvalue weighted by atomic mass is 9.90. The van der Waals surface area contributed by atoms with Crippen LogP contribution in [-0.2, 0) is 9.84 Å². The van der Waals surface area contributed by atoms with E-state index in [9.17, 15) is 8.42 Å². The first kappa shape index (κ1) is 10.5. The molecule has 4 heteroatoms. The van der Waals surface area contributed by atoms with Gasteiger partial charge >= 0.3 is 0 Å². The first-order valence-corrected chi connectivity index (χ1v) is 6.44. The molecule has 0 amide bonds. The lowest BCUT2D eigenvalue weighted by Crippen LogP contribution is -2.33. The van der Waals surface area contributed by atoms with Crippen LogP contribution in [0.2, 0.25) is 0 Å². The van der Waals surface area contributed by atoms with Crippen molar-refractivity contribution in [1.29, 1.82) is 5.26 Å². The number of nitriles is 1. The lowest BCUT2D eigenvalue weighted by molar-refractivity contribution is 0.419. The molecular formula is C9H15NO2S. The highest BCUT2D eigenvalue weighted by molar-refractivity contribution is 7.92. The monoisotopic (exact) mass is 201 g/mol. The zero-order chi connectivity index (χ0) is 9.90. The normalized spacial score (nSPS) is 29.5. The predicted octanol–water partition coefficient (Wildman–Crippen LogP) is 1.50. The molecule has 0 aromatic carbocycles. The average Bonchev–Trinajstić information content (AvgIpc) is 2.18. The maximum Gasteiger partial charge on any atom is 0.154 e. The maximum absolute atomic E-state index is 11.6. The summed E-state index contributed by atoms with van der Waals surface area (Å²) in [5, 5.41) is 8.41. The summed E-state index contributed by atoms with van der Waals surface area (Å²) >= 11 is 0. The molecule has 1 aliphatic rings. The van der Waals surface area contributed by atoms with E-state index in [1.165, 1.54) is 0 Å². The Hall–Kier alpha value is -0.560. The molecule has 0 heterocycles. The topological polar surface area (TPSA) is 57.9 Å². The first-order chi connectivity index (χ1) is 6.11. The molecule has 1 fully saturated rings. The second-order valence-electron chi connectivity index (χ2n) is 3.51. The molecule has 13 heavy (non-hydrogen) atoms. The van der Waals surface area contributed by atoms with E-state index in [0.29, 0.717) is 6.42 Å². The van der Waals surface area contributed by atoms with Gasteiger partial charge in [0, 0.05) is 5.75 Å². The zero-order valence-corrected chi connectivity index (χ0v) is 8.68. The van der Waals surface area contributed by atoms with Gasteiger partial charge in [0.15, 0.2) is 9.84 Å². The maximum atomic E-state index is 11.6. The van der Waals surface area contributed by atoms with Gasteiger partial charge in [0.25, 0.3) is 0 Å². The van der Waals surface area contributed by atoms with Crippen LogP contribution in [0.1, 0.15) is 32.6 Å². The largest absolute Gasteiger partial charge is 0.229 e. The van der Waals surface area contributed by atoms with Crippen molar-refractivity contribution in [1.82, 2.24) is 0 Å². The Labute approximate surface area is 79.7 Å². The van der Waals surface area contributed by atoms with E-state index in [1.807, 2.05) is 0 Å². The number of nitrogens with zero attached hydrogens (tertiary/aromatic N) is 1. The van der Waals surface area contributed by atoms with Gasteiger partial charge in [-0.15, -0.1) is 0 Å². The van der Waals surface area contributed by atoms with Crippen LogP contribution in [-0.4, -0.2) is 19.4 Å². The van der Waals surface area contributed by atoms with Gasteiger partial charge in [-0.1, -0.05) is 19.8 Å². The number of rotatable bonds is 2. The summed E-state index contributed by atoms with van der Waals surface area (Å²) in [6.07, 6.45) is 3.37. The van der Waals surface area contributed by atoms with Crippen molar-refractivity contribution in [2.45, 2.75) is 37.9 Å². The first-order valence-electron chi connectivity index (χ1n) is 4.73. The summed E-state index contributed by atoms with van der Waals surface area (Å²) in [5.74, 6) is -0.103. The summed E-state index contributed by atoms with van der Waals surface area (Å²) < 4.78 is 23.1. The van der Waals surface area contributed by atoms with E-state index in [4.69, 9.17) is 5.26 Å². The van der Waals surface area contributed by atoms with E-state index in [2.05, 4.69) is 6.07 Å². The molecule has 1 rings (SSSR count). The highest BCUT2D eigenvalue weighted by Gasteiger charge is 2.34. The van der Waals surface area contributed by atoms with Crippen molar-refractivity contribution in [2.75, 3.05) is 5.75 Å². The van der Waals surface area contributed by atoms with Crippen LogP contribution in [0, 0.1) is 17.2 Å². The molecule has 0 radical (unpaired) electrons. The van der Waals surface area contributed by atoms with Crippen LogP contribution in [0.25, 0.3) is 0 Å². The highest BCUT2D eigenvalue weighted by Crippen LogP contribution is 2.29. The zero-order valence-electron chi connectivity index (χ0n) is 7.86. The Balaban J connectivity index is 2.83. The molecule has 3 nitrogen and oxygen atoms in total. The molecule has 0 bridgehead atoms. The third-order valence-electron chi connectivity index (χ3n) is 2.73. The molecule has 0 saturated heterocycles. The highest BCUT2D eigenvalue weighted by atomic mass is 32.2. The summed E-state index contributed by atoms with van der Waals surface area (Å²) in [7, 11) is -3.01. The Kier molecular flexibility index (Phi) is 3.32. The summed E-state index contributed by atoms with van der Waals surface area (Å²) in [6, 6.07) is 2.12. The molecule has 0 aromatic heterocycles. The minimum Gasteiger partial charge on any atom is -0.229 e. The Bertz CT molecular complexity index is 302. The quantitative estimate of drug-likeness (QED) is 0.680. The van der Waals surface area contributed by atoms with Crippen molar-refractivity contribution in [2.24, 2.45) is 5.92 Å². The molecule has 2 unspecified atom stereocenters. The molecule has 1 saturated carbocycles. The molecule has 1 aliphatic carbocycles. The fourth-order valence-electron chi connectivity index (χ4n) is 1.89. The van der Waals surface area contributed by atoms with E-state index < -0.39 is 15.1 Å². The second-order valence-corrected chi connectivity index (χ2v) is 6.02. The standard InChI is InChI=1S/C9H15NO2S/c1-2-13(11,12)9-6-4-3-5-8(9)7-10/h8-9H,2-6H2,1H3. The number of hydrogen-bond acceptors (Lipinski definition) is 3. The Morgan fingerprint density at radius 1 is 1.38 bits per heavy atom. The van der Waals surface area contributed by atoms with E-state index in [1.54, 1.807) is 6.92 Å². The van der Waals surface area contributed by atoms with Gasteiger partial charge in [-0.25, -0.2) is 8.42 Å². The summed E-state index contributed by atoms with van der Waals surface area (Å²) in [5.41, 5.74) is 0. The van der Waals surface area contributed by atoms with Crippen molar-refractivity contribution in [3.8, 4) is 6.07 Å². The van der Waals surface area contributed by atoms with Crippen LogP contribution >= 0.6 is 0 Å². The van der Waals surface area contributed by atoms with Gasteiger partial charge in [-0.2, -0.15) is 5.26 Å². The Morgan fingerprint density at radius 3 is 2.54 bits per heavy atom. The summed E-state index contributed by atoms with van der Waals surface area (Å²) in [4.78, 5) is 0. The van der Waals surface area contributed by atoms with Gasteiger partial charge in [-0.05, 0) is 12.8 Å². The minimum absolute atomic E-state index is 0.163. The van der Waals surface area contributed by atoms with Gasteiger partial charge in [0.1, 0.15) is 0 Å². The summed E-state index contributed by atoms with van der Waals surface area (Å²) in [6.45, 7) is 1.65. The van der Waals surface area contributed by atoms with Gasteiger partial charge in [0.2, 0.25) is 0 Å². The number of sulfone groups is 1. The number of hydrogen-bond donors (Lipinski definition) is 0. The van der Waals surface area contributed by atoms with Gasteiger partial charge in [0.05, 0.1) is 17.2 Å². The van der Waals surface area contributed by atoms with E-state index >= 15 is 0 Å². The molecule has 74 valence electrons. The fourth-order valence-corrected chi connectivity index (χ4v) is 3.54. The van der Waals surface area contributed by atoms with Crippen LogP contribution in [0.4, 0.5) is 0 Å². The van der Waals surface area contributed by atoms with Crippen molar-refractivity contribution in [3.05, 3.63) is 0 Å². The smallest absolute Gasteiger partial charge is 0.154 e. The molecular weight excluding hydrogens is 186 g/mol. The predicted molar refractivity (Wildman–Crippen MR) is 50.8 cm³/mol. The van der Waals surface area contributed by atoms with Gasteiger partial charge < -0.3 is 0 Å². The molecule has 0 aliphatic heterocycles. The third-order valence-corrected chi connectivity index (χ3v) is 5.02. The Morgan fingerprint density at radius 2 is 2.00 bits per heavy atom. The average molecular weight is 201 g/mol. The second kappa shape index (κ2) is 4.10. The van der Waals surface area contributed by atoms with Crippen LogP contribution < -0.4 is 0 Å². The lowest BCUT2D eigenvalue weighted by Gasteiger charge is -2.25. The van der Waals surface area contributed by atoms with Gasteiger partial charge in [-0.3, -0.25) is 0 Å². The third kappa shape index (κ3) is 2.22. The molecule has 2 atom stereocenters.